The van der Waals surface area contributed by atoms with Gasteiger partial charge in [-0.3, -0.25) is 4.79 Å². The smallest absolute Gasteiger partial charge is 0.423 e. The van der Waals surface area contributed by atoms with Crippen molar-refractivity contribution in [3.63, 3.8) is 0 Å². The summed E-state index contributed by atoms with van der Waals surface area (Å²) >= 11 is 0. The zero-order valence-electron chi connectivity index (χ0n) is 17.1. The van der Waals surface area contributed by atoms with Gasteiger partial charge in [0.1, 0.15) is 24.5 Å². The number of rotatable bonds is 5. The molecule has 3 aromatic rings. The van der Waals surface area contributed by atoms with Crippen LogP contribution >= 0.6 is 0 Å². The van der Waals surface area contributed by atoms with Crippen LogP contribution in [0.25, 0.3) is 11.1 Å². The van der Waals surface area contributed by atoms with Gasteiger partial charge >= 0.3 is 7.12 Å². The van der Waals surface area contributed by atoms with E-state index in [-0.39, 0.29) is 11.0 Å². The predicted octanol–water partition coefficient (Wildman–Crippen LogP) is 1.23. The molecule has 0 bridgehead atoms. The van der Waals surface area contributed by atoms with Crippen LogP contribution in [0.5, 0.6) is 0 Å². The Kier molecular flexibility index (Phi) is 5.84. The molecule has 31 heavy (non-hydrogen) atoms. The first kappa shape index (κ1) is 20.8. The van der Waals surface area contributed by atoms with Gasteiger partial charge in [0.25, 0.3) is 0 Å². The third-order valence-electron chi connectivity index (χ3n) is 5.88. The van der Waals surface area contributed by atoms with Gasteiger partial charge in [0, 0.05) is 37.2 Å². The number of benzene rings is 2. The minimum atomic E-state index is -1.76. The number of anilines is 1. The molecule has 0 spiro atoms. The number of nitriles is 1. The first-order valence-electron chi connectivity index (χ1n) is 10.1. The highest BCUT2D eigenvalue weighted by molar-refractivity contribution is 6.60. The van der Waals surface area contributed by atoms with Gasteiger partial charge in [0.15, 0.2) is 0 Å². The van der Waals surface area contributed by atoms with Gasteiger partial charge in [-0.05, 0) is 29.9 Å². The van der Waals surface area contributed by atoms with E-state index in [4.69, 9.17) is 0 Å². The molecule has 2 N–H and O–H groups in total. The molecule has 0 atom stereocenters. The Bertz CT molecular complexity index is 1150. The first-order chi connectivity index (χ1) is 15.0. The maximum absolute atomic E-state index is 11.3. The second-order valence-corrected chi connectivity index (χ2v) is 7.71. The molecule has 0 radical (unpaired) electrons. The van der Waals surface area contributed by atoms with Crippen LogP contribution in [0.2, 0.25) is 0 Å². The molecule has 2 heterocycles. The molecule has 1 fully saturated rings. The lowest BCUT2D eigenvalue weighted by molar-refractivity contribution is 0.112. The number of aryl methyl sites for hydroxylation is 1. The SMILES string of the molecule is Cn1cnnc1C1CCN(c2c(C#N)cccc2-c2ccc(C=O)c(B(O)O)c2)CC1. The van der Waals surface area contributed by atoms with Gasteiger partial charge in [-0.25, -0.2) is 0 Å². The Morgan fingerprint density at radius 1 is 1.23 bits per heavy atom. The molecule has 1 aromatic heterocycles. The number of aromatic nitrogens is 3. The number of nitrogens with zero attached hydrogens (tertiary/aromatic N) is 5. The lowest BCUT2D eigenvalue weighted by Gasteiger charge is -2.35. The lowest BCUT2D eigenvalue weighted by atomic mass is 9.76. The average molecular weight is 415 g/mol. The molecule has 1 aliphatic rings. The molecule has 0 saturated carbocycles. The quantitative estimate of drug-likeness (QED) is 0.476. The van der Waals surface area contributed by atoms with Crippen molar-refractivity contribution in [1.29, 1.82) is 5.26 Å². The second kappa shape index (κ2) is 8.72. The summed E-state index contributed by atoms with van der Waals surface area (Å²) in [5, 5.41) is 37.4. The van der Waals surface area contributed by atoms with Crippen LogP contribution in [-0.4, -0.2) is 51.3 Å². The second-order valence-electron chi connectivity index (χ2n) is 7.71. The minimum absolute atomic E-state index is 0.141. The van der Waals surface area contributed by atoms with E-state index in [1.54, 1.807) is 30.6 Å². The number of carbonyl (C=O) groups is 1. The summed E-state index contributed by atoms with van der Waals surface area (Å²) < 4.78 is 1.95. The molecule has 0 unspecified atom stereocenters. The van der Waals surface area contributed by atoms with Gasteiger partial charge in [0.05, 0.1) is 11.3 Å². The third-order valence-corrected chi connectivity index (χ3v) is 5.88. The van der Waals surface area contributed by atoms with Crippen molar-refractivity contribution in [2.45, 2.75) is 18.8 Å². The van der Waals surface area contributed by atoms with E-state index in [0.29, 0.717) is 17.8 Å². The normalized spacial score (nSPS) is 14.3. The molecule has 4 rings (SSSR count). The van der Waals surface area contributed by atoms with Crippen molar-refractivity contribution < 1.29 is 14.8 Å². The van der Waals surface area contributed by atoms with Crippen molar-refractivity contribution in [2.75, 3.05) is 18.0 Å². The monoisotopic (exact) mass is 415 g/mol. The van der Waals surface area contributed by atoms with Crippen molar-refractivity contribution in [3.8, 4) is 17.2 Å². The molecule has 1 saturated heterocycles. The van der Waals surface area contributed by atoms with Crippen molar-refractivity contribution >= 4 is 24.6 Å². The third kappa shape index (κ3) is 3.95. The van der Waals surface area contributed by atoms with E-state index >= 15 is 0 Å². The van der Waals surface area contributed by atoms with E-state index in [1.165, 1.54) is 0 Å². The highest BCUT2D eigenvalue weighted by Crippen LogP contribution is 2.37. The molecule has 1 aliphatic heterocycles. The number of piperidine rings is 1. The van der Waals surface area contributed by atoms with Crippen molar-refractivity contribution in [2.24, 2.45) is 7.05 Å². The van der Waals surface area contributed by atoms with Crippen LogP contribution in [-0.2, 0) is 7.05 Å². The summed E-state index contributed by atoms with van der Waals surface area (Å²) in [5.74, 6) is 1.28. The Balaban J connectivity index is 1.70. The minimum Gasteiger partial charge on any atom is -0.423 e. The van der Waals surface area contributed by atoms with Crippen LogP contribution in [0, 0.1) is 11.3 Å². The Morgan fingerprint density at radius 3 is 2.61 bits per heavy atom. The maximum Gasteiger partial charge on any atom is 0.489 e. The molecule has 9 heteroatoms. The number of carbonyl (C=O) groups excluding carboxylic acids is 1. The van der Waals surface area contributed by atoms with Crippen LogP contribution in [0.3, 0.4) is 0 Å². The van der Waals surface area contributed by atoms with Gasteiger partial charge in [0.2, 0.25) is 0 Å². The zero-order chi connectivity index (χ0) is 22.0. The predicted molar refractivity (Wildman–Crippen MR) is 117 cm³/mol. The van der Waals surface area contributed by atoms with Gasteiger partial charge in [-0.1, -0.05) is 30.3 Å². The molecule has 2 aromatic carbocycles. The highest BCUT2D eigenvalue weighted by atomic mass is 16.4. The van der Waals surface area contributed by atoms with E-state index in [2.05, 4.69) is 21.2 Å². The largest absolute Gasteiger partial charge is 0.489 e. The average Bonchev–Trinajstić information content (AvgIpc) is 3.24. The fourth-order valence-corrected chi connectivity index (χ4v) is 4.30. The molecular formula is C22H22BN5O3. The number of para-hydroxylation sites is 1. The fourth-order valence-electron chi connectivity index (χ4n) is 4.30. The van der Waals surface area contributed by atoms with Crippen LogP contribution in [0.4, 0.5) is 5.69 Å². The number of hydrogen-bond donors (Lipinski definition) is 2. The Morgan fingerprint density at radius 2 is 2.00 bits per heavy atom. The number of hydrogen-bond acceptors (Lipinski definition) is 7. The number of aldehydes is 1. The van der Waals surface area contributed by atoms with Crippen molar-refractivity contribution in [3.05, 3.63) is 59.7 Å². The molecule has 0 aliphatic carbocycles. The van der Waals surface area contributed by atoms with E-state index in [1.807, 2.05) is 23.7 Å². The molecule has 0 amide bonds. The molecular weight excluding hydrogens is 393 g/mol. The topological polar surface area (TPSA) is 115 Å². The summed E-state index contributed by atoms with van der Waals surface area (Å²) in [6.07, 6.45) is 4.08. The summed E-state index contributed by atoms with van der Waals surface area (Å²) in [4.78, 5) is 13.5. The van der Waals surface area contributed by atoms with Gasteiger partial charge in [-0.15, -0.1) is 10.2 Å². The lowest BCUT2D eigenvalue weighted by Crippen LogP contribution is -2.35. The van der Waals surface area contributed by atoms with E-state index in [9.17, 15) is 20.1 Å². The van der Waals surface area contributed by atoms with Crippen molar-refractivity contribution in [1.82, 2.24) is 14.8 Å². The van der Waals surface area contributed by atoms with Crippen LogP contribution in [0.15, 0.2) is 42.7 Å². The van der Waals surface area contributed by atoms with E-state index in [0.717, 1.165) is 48.6 Å². The Labute approximate surface area is 180 Å². The van der Waals surface area contributed by atoms with Gasteiger partial charge in [-0.2, -0.15) is 5.26 Å². The van der Waals surface area contributed by atoms with E-state index < -0.39 is 7.12 Å². The maximum atomic E-state index is 11.3. The summed E-state index contributed by atoms with van der Waals surface area (Å²) in [6, 6.07) is 12.7. The van der Waals surface area contributed by atoms with Gasteiger partial charge < -0.3 is 19.5 Å². The summed E-state index contributed by atoms with van der Waals surface area (Å²) in [7, 11) is 0.186. The summed E-state index contributed by atoms with van der Waals surface area (Å²) in [5.41, 5.74) is 3.27. The fraction of sp³-hybridized carbons (Fsp3) is 0.273. The first-order valence-corrected chi connectivity index (χ1v) is 10.1. The zero-order valence-corrected chi connectivity index (χ0v) is 17.1. The molecule has 156 valence electrons. The van der Waals surface area contributed by atoms with Crippen LogP contribution in [0.1, 0.15) is 40.5 Å². The highest BCUT2D eigenvalue weighted by Gasteiger charge is 2.27. The standard InChI is InChI=1S/C22H22BN5O3/c1-27-14-25-26-22(27)15-7-9-28(10-8-15)21-17(12-24)3-2-4-19(21)16-5-6-18(13-29)20(11-16)23(30)31/h2-6,11,13-15,30-31H,7-10H2,1H3. The summed E-state index contributed by atoms with van der Waals surface area (Å²) in [6.45, 7) is 1.51. The molecule has 8 nitrogen and oxygen atoms in total. The Hall–Kier alpha value is -3.48. The van der Waals surface area contributed by atoms with Crippen LogP contribution < -0.4 is 10.4 Å².